The van der Waals surface area contributed by atoms with E-state index in [-0.39, 0.29) is 5.82 Å². The van der Waals surface area contributed by atoms with Crippen LogP contribution < -0.4 is 5.73 Å². The van der Waals surface area contributed by atoms with E-state index in [0.717, 1.165) is 12.1 Å². The quantitative estimate of drug-likeness (QED) is 0.833. The van der Waals surface area contributed by atoms with Crippen LogP contribution in [0.2, 0.25) is 0 Å². The summed E-state index contributed by atoms with van der Waals surface area (Å²) in [5.41, 5.74) is 5.61. The van der Waals surface area contributed by atoms with Crippen molar-refractivity contribution in [1.29, 1.82) is 0 Å². The fourth-order valence-electron chi connectivity index (χ4n) is 1.43. The maximum atomic E-state index is 12.6. The van der Waals surface area contributed by atoms with Crippen LogP contribution >= 0.6 is 0 Å². The highest BCUT2D eigenvalue weighted by Crippen LogP contribution is 2.31. The first-order valence-electron chi connectivity index (χ1n) is 4.74. The molecule has 0 saturated heterocycles. The summed E-state index contributed by atoms with van der Waals surface area (Å²) in [4.78, 5) is 0. The number of aryl methyl sites for hydroxylation is 1. The molecule has 0 spiro atoms. The molecule has 0 unspecified atom stereocenters. The van der Waals surface area contributed by atoms with E-state index in [0.29, 0.717) is 11.3 Å². The number of hydrogen-bond donors (Lipinski definition) is 1. The second kappa shape index (κ2) is 3.76. The van der Waals surface area contributed by atoms with Gasteiger partial charge in [-0.2, -0.15) is 13.2 Å². The van der Waals surface area contributed by atoms with E-state index < -0.39 is 11.7 Å². The summed E-state index contributed by atoms with van der Waals surface area (Å²) < 4.78 is 38.9. The minimum Gasteiger partial charge on any atom is -0.381 e. The van der Waals surface area contributed by atoms with Gasteiger partial charge in [0.05, 0.1) is 17.4 Å². The molecule has 0 saturated carbocycles. The lowest BCUT2D eigenvalue weighted by Crippen LogP contribution is -2.07. The highest BCUT2D eigenvalue weighted by Gasteiger charge is 2.31. The van der Waals surface area contributed by atoms with Crippen molar-refractivity contribution in [3.05, 3.63) is 35.5 Å². The lowest BCUT2D eigenvalue weighted by Gasteiger charge is -2.10. The van der Waals surface area contributed by atoms with Crippen molar-refractivity contribution in [2.45, 2.75) is 13.1 Å². The topological polar surface area (TPSA) is 56.7 Å². The van der Waals surface area contributed by atoms with E-state index in [1.807, 2.05) is 0 Å². The first kappa shape index (κ1) is 11.4. The molecule has 4 nitrogen and oxygen atoms in total. The molecule has 2 rings (SSSR count). The smallest absolute Gasteiger partial charge is 0.381 e. The second-order valence-corrected chi connectivity index (χ2v) is 3.59. The van der Waals surface area contributed by atoms with E-state index >= 15 is 0 Å². The number of halogens is 3. The minimum atomic E-state index is -4.38. The fourth-order valence-corrected chi connectivity index (χ4v) is 1.43. The summed E-state index contributed by atoms with van der Waals surface area (Å²) in [6.07, 6.45) is -3.02. The van der Waals surface area contributed by atoms with Crippen LogP contribution in [0.3, 0.4) is 0 Å². The maximum absolute atomic E-state index is 12.6. The summed E-state index contributed by atoms with van der Waals surface area (Å²) in [7, 11) is 0. The van der Waals surface area contributed by atoms with Crippen molar-refractivity contribution in [3.63, 3.8) is 0 Å². The largest absolute Gasteiger partial charge is 0.416 e. The van der Waals surface area contributed by atoms with Gasteiger partial charge in [0, 0.05) is 0 Å². The van der Waals surface area contributed by atoms with E-state index in [1.165, 1.54) is 16.9 Å². The molecular weight excluding hydrogens is 233 g/mol. The zero-order valence-electron chi connectivity index (χ0n) is 8.86. The van der Waals surface area contributed by atoms with Crippen LogP contribution in [-0.4, -0.2) is 15.0 Å². The number of hydrogen-bond acceptors (Lipinski definition) is 3. The molecule has 0 amide bonds. The van der Waals surface area contributed by atoms with Crippen molar-refractivity contribution < 1.29 is 13.2 Å². The zero-order valence-corrected chi connectivity index (χ0v) is 8.86. The molecule has 1 aromatic heterocycles. The van der Waals surface area contributed by atoms with Gasteiger partial charge in [-0.15, -0.1) is 5.10 Å². The summed E-state index contributed by atoms with van der Waals surface area (Å²) in [6, 6.07) is 3.43. The SMILES string of the molecule is Cc1ccc(C(F)(F)F)cc1-n1cc(N)nn1. The summed E-state index contributed by atoms with van der Waals surface area (Å²) in [5.74, 6) is 0.154. The molecule has 0 radical (unpaired) electrons. The third kappa shape index (κ3) is 2.22. The van der Waals surface area contributed by atoms with Crippen LogP contribution in [0.4, 0.5) is 19.0 Å². The Balaban J connectivity index is 2.54. The maximum Gasteiger partial charge on any atom is 0.416 e. The second-order valence-electron chi connectivity index (χ2n) is 3.59. The average Bonchev–Trinajstić information content (AvgIpc) is 2.63. The molecule has 2 N–H and O–H groups in total. The highest BCUT2D eigenvalue weighted by molar-refractivity contribution is 5.44. The number of nitrogen functional groups attached to an aromatic ring is 1. The molecule has 90 valence electrons. The van der Waals surface area contributed by atoms with Crippen LogP contribution in [0.5, 0.6) is 0 Å². The number of nitrogens with zero attached hydrogens (tertiary/aromatic N) is 3. The predicted molar refractivity (Wildman–Crippen MR) is 55.5 cm³/mol. The van der Waals surface area contributed by atoms with Crippen molar-refractivity contribution in [2.24, 2.45) is 0 Å². The Bertz CT molecular complexity index is 545. The van der Waals surface area contributed by atoms with Gasteiger partial charge in [-0.05, 0) is 24.6 Å². The lowest BCUT2D eigenvalue weighted by molar-refractivity contribution is -0.137. The monoisotopic (exact) mass is 242 g/mol. The predicted octanol–water partition coefficient (Wildman–Crippen LogP) is 2.18. The number of anilines is 1. The van der Waals surface area contributed by atoms with Crippen molar-refractivity contribution in [2.75, 3.05) is 5.73 Å². The molecule has 0 atom stereocenters. The Kier molecular flexibility index (Phi) is 2.53. The lowest BCUT2D eigenvalue weighted by atomic mass is 10.1. The van der Waals surface area contributed by atoms with Crippen molar-refractivity contribution >= 4 is 5.82 Å². The molecule has 1 heterocycles. The average molecular weight is 242 g/mol. The Hall–Kier alpha value is -2.05. The molecule has 7 heteroatoms. The van der Waals surface area contributed by atoms with Gasteiger partial charge in [0.15, 0.2) is 5.82 Å². The Morgan fingerprint density at radius 1 is 1.29 bits per heavy atom. The molecular formula is C10H9F3N4. The molecule has 0 aliphatic rings. The van der Waals surface area contributed by atoms with Crippen LogP contribution in [0.25, 0.3) is 5.69 Å². The highest BCUT2D eigenvalue weighted by atomic mass is 19.4. The molecule has 0 bridgehead atoms. The third-order valence-corrected chi connectivity index (χ3v) is 2.29. The van der Waals surface area contributed by atoms with Gasteiger partial charge in [-0.25, -0.2) is 4.68 Å². The van der Waals surface area contributed by atoms with Gasteiger partial charge >= 0.3 is 6.18 Å². The Morgan fingerprint density at radius 3 is 2.53 bits per heavy atom. The van der Waals surface area contributed by atoms with Crippen LogP contribution in [0.15, 0.2) is 24.4 Å². The number of aromatic nitrogens is 3. The van der Waals surface area contributed by atoms with Crippen molar-refractivity contribution in [3.8, 4) is 5.69 Å². The number of benzene rings is 1. The molecule has 0 fully saturated rings. The summed E-state index contributed by atoms with van der Waals surface area (Å²) in [6.45, 7) is 1.69. The minimum absolute atomic E-state index is 0.154. The van der Waals surface area contributed by atoms with Gasteiger partial charge in [0.25, 0.3) is 0 Å². The van der Waals surface area contributed by atoms with Crippen molar-refractivity contribution in [1.82, 2.24) is 15.0 Å². The van der Waals surface area contributed by atoms with Crippen LogP contribution in [0.1, 0.15) is 11.1 Å². The van der Waals surface area contributed by atoms with Gasteiger partial charge in [0.2, 0.25) is 0 Å². The number of nitrogens with two attached hydrogens (primary N) is 1. The number of rotatable bonds is 1. The summed E-state index contributed by atoms with van der Waals surface area (Å²) >= 11 is 0. The molecule has 0 aliphatic carbocycles. The van der Waals surface area contributed by atoms with Gasteiger partial charge in [0.1, 0.15) is 0 Å². The van der Waals surface area contributed by atoms with Gasteiger partial charge in [-0.3, -0.25) is 0 Å². The Labute approximate surface area is 94.9 Å². The molecule has 0 aliphatic heterocycles. The van der Waals surface area contributed by atoms with Crippen LogP contribution in [0, 0.1) is 6.92 Å². The standard InChI is InChI=1S/C10H9F3N4/c1-6-2-3-7(10(11,12)13)4-8(6)17-5-9(14)15-16-17/h2-5H,14H2,1H3. The zero-order chi connectivity index (χ0) is 12.6. The normalized spacial score (nSPS) is 11.8. The molecule has 2 aromatic rings. The third-order valence-electron chi connectivity index (χ3n) is 2.29. The van der Waals surface area contributed by atoms with E-state index in [1.54, 1.807) is 6.92 Å². The van der Waals surface area contributed by atoms with E-state index in [9.17, 15) is 13.2 Å². The fraction of sp³-hybridized carbons (Fsp3) is 0.200. The van der Waals surface area contributed by atoms with Crippen LogP contribution in [-0.2, 0) is 6.18 Å². The Morgan fingerprint density at radius 2 is 2.00 bits per heavy atom. The first-order chi connectivity index (χ1) is 7.88. The first-order valence-corrected chi connectivity index (χ1v) is 4.74. The van der Waals surface area contributed by atoms with E-state index in [2.05, 4.69) is 10.3 Å². The summed E-state index contributed by atoms with van der Waals surface area (Å²) in [5, 5.41) is 7.18. The van der Waals surface area contributed by atoms with Gasteiger partial charge < -0.3 is 5.73 Å². The number of alkyl halides is 3. The van der Waals surface area contributed by atoms with Gasteiger partial charge in [-0.1, -0.05) is 11.3 Å². The molecule has 17 heavy (non-hydrogen) atoms. The molecule has 1 aromatic carbocycles. The van der Waals surface area contributed by atoms with E-state index in [4.69, 9.17) is 5.73 Å².